The highest BCUT2D eigenvalue weighted by Gasteiger charge is 2.11. The van der Waals surface area contributed by atoms with Crippen LogP contribution in [0.2, 0.25) is 0 Å². The Morgan fingerprint density at radius 3 is 2.48 bits per heavy atom. The van der Waals surface area contributed by atoms with Crippen molar-refractivity contribution >= 4 is 23.2 Å². The summed E-state index contributed by atoms with van der Waals surface area (Å²) in [5.74, 6) is -0.362. The van der Waals surface area contributed by atoms with Crippen molar-refractivity contribution in [2.75, 3.05) is 10.6 Å². The minimum Gasteiger partial charge on any atom is -0.337 e. The minimum absolute atomic E-state index is 0.124. The molecule has 4 rings (SSSR count). The molecule has 0 saturated carbocycles. The Labute approximate surface area is 180 Å². The predicted octanol–water partition coefficient (Wildman–Crippen LogP) is 4.83. The lowest BCUT2D eigenvalue weighted by Gasteiger charge is -2.12. The van der Waals surface area contributed by atoms with Crippen LogP contribution < -0.4 is 10.6 Å². The maximum atomic E-state index is 12.9. The highest BCUT2D eigenvalue weighted by Crippen LogP contribution is 2.28. The third-order valence-corrected chi connectivity index (χ3v) is 4.82. The van der Waals surface area contributed by atoms with Crippen molar-refractivity contribution in [3.05, 3.63) is 103 Å². The molecule has 4 aromatic rings. The van der Waals surface area contributed by atoms with Crippen LogP contribution in [-0.4, -0.2) is 21.4 Å². The van der Waals surface area contributed by atoms with Gasteiger partial charge in [-0.1, -0.05) is 54.6 Å². The highest BCUT2D eigenvalue weighted by molar-refractivity contribution is 6.07. The quantitative estimate of drug-likeness (QED) is 0.458. The third kappa shape index (κ3) is 5.25. The van der Waals surface area contributed by atoms with Crippen molar-refractivity contribution in [2.45, 2.75) is 13.0 Å². The first-order chi connectivity index (χ1) is 15.2. The van der Waals surface area contributed by atoms with Crippen molar-refractivity contribution in [1.29, 1.82) is 0 Å². The first-order valence-corrected chi connectivity index (χ1v) is 10.0. The molecule has 0 spiro atoms. The van der Waals surface area contributed by atoms with Gasteiger partial charge in [-0.15, -0.1) is 0 Å². The number of anilines is 2. The molecular formula is C25H22N4O2. The first kappa shape index (κ1) is 20.1. The van der Waals surface area contributed by atoms with Crippen LogP contribution in [0.25, 0.3) is 11.1 Å². The molecule has 2 amide bonds. The molecule has 0 bridgehead atoms. The molecule has 154 valence electrons. The Morgan fingerprint density at radius 1 is 0.871 bits per heavy atom. The maximum absolute atomic E-state index is 12.9. The van der Waals surface area contributed by atoms with Gasteiger partial charge in [0.25, 0.3) is 5.91 Å². The molecule has 0 aliphatic heterocycles. The number of hydrogen-bond donors (Lipinski definition) is 2. The molecule has 0 radical (unpaired) electrons. The monoisotopic (exact) mass is 410 g/mol. The summed E-state index contributed by atoms with van der Waals surface area (Å²) in [6.07, 6.45) is 5.48. The van der Waals surface area contributed by atoms with Crippen molar-refractivity contribution in [2.24, 2.45) is 0 Å². The molecule has 2 N–H and O–H groups in total. The number of aromatic nitrogens is 2. The van der Waals surface area contributed by atoms with Gasteiger partial charge in [0.1, 0.15) is 0 Å². The normalized spacial score (nSPS) is 10.5. The second kappa shape index (κ2) is 9.54. The number of nitrogens with one attached hydrogen (secondary N) is 2. The minimum atomic E-state index is -0.238. The summed E-state index contributed by atoms with van der Waals surface area (Å²) >= 11 is 0. The lowest BCUT2D eigenvalue weighted by Crippen LogP contribution is -2.16. The van der Waals surface area contributed by atoms with Gasteiger partial charge in [-0.05, 0) is 29.8 Å². The summed E-state index contributed by atoms with van der Waals surface area (Å²) < 4.78 is 1.84. The SMILES string of the molecule is O=C(CCn1ccnc1)Nc1cccc(C(=O)Nc2ccccc2-c2ccccc2)c1. The Bertz CT molecular complexity index is 1170. The molecule has 0 aliphatic carbocycles. The van der Waals surface area contributed by atoms with E-state index in [9.17, 15) is 9.59 Å². The number of nitrogens with zero attached hydrogens (tertiary/aromatic N) is 2. The number of rotatable bonds is 7. The summed E-state index contributed by atoms with van der Waals surface area (Å²) in [7, 11) is 0. The van der Waals surface area contributed by atoms with Crippen molar-refractivity contribution in [1.82, 2.24) is 9.55 Å². The summed E-state index contributed by atoms with van der Waals surface area (Å²) in [5.41, 5.74) is 3.75. The van der Waals surface area contributed by atoms with Crippen LogP contribution in [0.5, 0.6) is 0 Å². The summed E-state index contributed by atoms with van der Waals surface area (Å²) in [6, 6.07) is 24.5. The first-order valence-electron chi connectivity index (χ1n) is 10.0. The van der Waals surface area contributed by atoms with Gasteiger partial charge in [0.2, 0.25) is 5.91 Å². The maximum Gasteiger partial charge on any atom is 0.255 e. The zero-order valence-electron chi connectivity index (χ0n) is 16.9. The molecule has 6 nitrogen and oxygen atoms in total. The van der Waals surface area contributed by atoms with E-state index in [-0.39, 0.29) is 11.8 Å². The van der Waals surface area contributed by atoms with E-state index in [1.165, 1.54) is 0 Å². The molecule has 0 aliphatic rings. The number of hydrogen-bond acceptors (Lipinski definition) is 3. The molecule has 0 atom stereocenters. The average Bonchev–Trinajstić information content (AvgIpc) is 3.33. The van der Waals surface area contributed by atoms with Crippen molar-refractivity contribution < 1.29 is 9.59 Å². The van der Waals surface area contributed by atoms with Crippen LogP contribution in [0.1, 0.15) is 16.8 Å². The van der Waals surface area contributed by atoms with E-state index < -0.39 is 0 Å². The van der Waals surface area contributed by atoms with Gasteiger partial charge in [0, 0.05) is 47.9 Å². The summed E-state index contributed by atoms with van der Waals surface area (Å²) in [6.45, 7) is 0.544. The molecule has 0 unspecified atom stereocenters. The number of amides is 2. The second-order valence-electron chi connectivity index (χ2n) is 7.05. The van der Waals surface area contributed by atoms with Gasteiger partial charge in [-0.25, -0.2) is 4.98 Å². The lowest BCUT2D eigenvalue weighted by molar-refractivity contribution is -0.116. The smallest absolute Gasteiger partial charge is 0.255 e. The number of carbonyl (C=O) groups excluding carboxylic acids is 2. The van der Waals surface area contributed by atoms with Crippen LogP contribution in [0.3, 0.4) is 0 Å². The van der Waals surface area contributed by atoms with Gasteiger partial charge in [-0.3, -0.25) is 9.59 Å². The van der Waals surface area contributed by atoms with Gasteiger partial charge < -0.3 is 15.2 Å². The zero-order chi connectivity index (χ0) is 21.5. The lowest BCUT2D eigenvalue weighted by atomic mass is 10.0. The summed E-state index contributed by atoms with van der Waals surface area (Å²) in [4.78, 5) is 29.1. The molecule has 1 aromatic heterocycles. The number of para-hydroxylation sites is 1. The highest BCUT2D eigenvalue weighted by atomic mass is 16.2. The van der Waals surface area contributed by atoms with Crippen LogP contribution in [-0.2, 0) is 11.3 Å². The molecule has 3 aromatic carbocycles. The Morgan fingerprint density at radius 2 is 1.68 bits per heavy atom. The number of carbonyl (C=O) groups is 2. The Hall–Kier alpha value is -4.19. The van der Waals surface area contributed by atoms with Crippen molar-refractivity contribution in [3.63, 3.8) is 0 Å². The van der Waals surface area contributed by atoms with Crippen LogP contribution in [0, 0.1) is 0 Å². The van der Waals surface area contributed by atoms with Crippen LogP contribution in [0.15, 0.2) is 97.6 Å². The van der Waals surface area contributed by atoms with E-state index >= 15 is 0 Å². The second-order valence-corrected chi connectivity index (χ2v) is 7.05. The van der Waals surface area contributed by atoms with Gasteiger partial charge in [0.05, 0.1) is 6.33 Å². The molecule has 31 heavy (non-hydrogen) atoms. The summed E-state index contributed by atoms with van der Waals surface area (Å²) in [5, 5.41) is 5.84. The molecule has 1 heterocycles. The predicted molar refractivity (Wildman–Crippen MR) is 122 cm³/mol. The average molecular weight is 410 g/mol. The standard InChI is InChI=1S/C25H22N4O2/c30-24(13-15-29-16-14-26-18-29)27-21-10-6-9-20(17-21)25(31)28-23-12-5-4-11-22(23)19-7-2-1-3-8-19/h1-12,14,16-18H,13,15H2,(H,27,30)(H,28,31). The fourth-order valence-electron chi connectivity index (χ4n) is 3.27. The topological polar surface area (TPSA) is 76.0 Å². The Balaban J connectivity index is 1.44. The van der Waals surface area contributed by atoms with E-state index in [0.29, 0.717) is 24.2 Å². The van der Waals surface area contributed by atoms with E-state index in [0.717, 1.165) is 16.8 Å². The van der Waals surface area contributed by atoms with E-state index in [1.807, 2.05) is 65.4 Å². The van der Waals surface area contributed by atoms with E-state index in [4.69, 9.17) is 0 Å². The van der Waals surface area contributed by atoms with E-state index in [2.05, 4.69) is 15.6 Å². The molecule has 0 fully saturated rings. The van der Waals surface area contributed by atoms with Crippen LogP contribution >= 0.6 is 0 Å². The molecular weight excluding hydrogens is 388 g/mol. The number of imidazole rings is 1. The zero-order valence-corrected chi connectivity index (χ0v) is 16.9. The largest absolute Gasteiger partial charge is 0.337 e. The molecule has 6 heteroatoms. The fraction of sp³-hybridized carbons (Fsp3) is 0.0800. The van der Waals surface area contributed by atoms with Gasteiger partial charge >= 0.3 is 0 Å². The van der Waals surface area contributed by atoms with Crippen LogP contribution in [0.4, 0.5) is 11.4 Å². The molecule has 0 saturated heterocycles. The number of aryl methyl sites for hydroxylation is 1. The fourth-order valence-corrected chi connectivity index (χ4v) is 3.27. The van der Waals surface area contributed by atoms with E-state index in [1.54, 1.807) is 36.8 Å². The van der Waals surface area contributed by atoms with Crippen molar-refractivity contribution in [3.8, 4) is 11.1 Å². The van der Waals surface area contributed by atoms with Gasteiger partial charge in [-0.2, -0.15) is 0 Å². The number of benzene rings is 3. The Kier molecular flexibility index (Phi) is 6.18. The third-order valence-electron chi connectivity index (χ3n) is 4.82. The van der Waals surface area contributed by atoms with Gasteiger partial charge in [0.15, 0.2) is 0 Å².